The van der Waals surface area contributed by atoms with Crippen LogP contribution < -0.4 is 26.3 Å². The summed E-state index contributed by atoms with van der Waals surface area (Å²) in [5, 5.41) is 17.4. The highest BCUT2D eigenvalue weighted by Gasteiger charge is 2.54. The molecule has 1 unspecified atom stereocenters. The molecular weight excluding hydrogens is 516 g/mol. The molecule has 9 heteroatoms. The van der Waals surface area contributed by atoms with E-state index in [1.807, 2.05) is 12.1 Å². The molecule has 0 fully saturated rings. The first-order chi connectivity index (χ1) is 19.9. The third-order valence-electron chi connectivity index (χ3n) is 6.22. The molecule has 1 heterocycles. The number of unbranched alkanes of at least 4 members (excludes halogenated alkanes) is 2. The zero-order valence-electron chi connectivity index (χ0n) is 24.0. The van der Waals surface area contributed by atoms with E-state index < -0.39 is 23.4 Å². The predicted octanol–water partition coefficient (Wildman–Crippen LogP) is 4.90. The zero-order valence-corrected chi connectivity index (χ0v) is 24.0. The Labute approximate surface area is 242 Å². The van der Waals surface area contributed by atoms with E-state index in [0.717, 1.165) is 5.01 Å². The lowest BCUT2D eigenvalue weighted by Crippen LogP contribution is -2.67. The Kier molecular flexibility index (Phi) is 12.1. The van der Waals surface area contributed by atoms with Crippen LogP contribution in [-0.4, -0.2) is 42.3 Å². The molecule has 0 saturated heterocycles. The van der Waals surface area contributed by atoms with Crippen LogP contribution in [0.2, 0.25) is 0 Å². The SMILES string of the molecule is CC(=O)NC1(Nc2ccccc2)C(=O)N(c2ccccc2)N=C1NC(=O)c1ccccc1.CCCCNCCCC. The van der Waals surface area contributed by atoms with Crippen molar-refractivity contribution in [2.45, 2.75) is 52.1 Å². The minimum absolute atomic E-state index is 0.0424. The van der Waals surface area contributed by atoms with E-state index in [9.17, 15) is 14.4 Å². The van der Waals surface area contributed by atoms with Gasteiger partial charge in [0, 0.05) is 18.2 Å². The Morgan fingerprint density at radius 1 is 0.805 bits per heavy atom. The van der Waals surface area contributed by atoms with Crippen molar-refractivity contribution in [1.29, 1.82) is 0 Å². The molecular formula is C32H40N6O3. The lowest BCUT2D eigenvalue weighted by atomic mass is 10.1. The molecule has 0 aliphatic carbocycles. The van der Waals surface area contributed by atoms with Crippen molar-refractivity contribution in [3.63, 3.8) is 0 Å². The van der Waals surface area contributed by atoms with Gasteiger partial charge in [-0.15, -0.1) is 5.10 Å². The fraction of sp³-hybridized carbons (Fsp3) is 0.312. The average molecular weight is 557 g/mol. The minimum Gasteiger partial charge on any atom is -0.348 e. The quantitative estimate of drug-likeness (QED) is 0.198. The summed E-state index contributed by atoms with van der Waals surface area (Å²) < 4.78 is 0. The van der Waals surface area contributed by atoms with Crippen LogP contribution in [0.1, 0.15) is 56.8 Å². The van der Waals surface area contributed by atoms with Crippen molar-refractivity contribution >= 4 is 34.9 Å². The number of rotatable bonds is 11. The van der Waals surface area contributed by atoms with Gasteiger partial charge in [-0.3, -0.25) is 14.4 Å². The predicted molar refractivity (Wildman–Crippen MR) is 165 cm³/mol. The number of hydrogen-bond donors (Lipinski definition) is 4. The third kappa shape index (κ3) is 8.74. The molecule has 1 aliphatic heterocycles. The number of hydrazone groups is 1. The number of carbonyl (C=O) groups is 3. The second-order valence-corrected chi connectivity index (χ2v) is 9.60. The molecule has 0 spiro atoms. The summed E-state index contributed by atoms with van der Waals surface area (Å²) in [5.74, 6) is -1.54. The molecule has 9 nitrogen and oxygen atoms in total. The summed E-state index contributed by atoms with van der Waals surface area (Å²) in [7, 11) is 0. The van der Waals surface area contributed by atoms with Gasteiger partial charge in [-0.25, -0.2) is 0 Å². The summed E-state index contributed by atoms with van der Waals surface area (Å²) in [6.07, 6.45) is 5.26. The van der Waals surface area contributed by atoms with Gasteiger partial charge in [0.15, 0.2) is 5.84 Å². The Balaban J connectivity index is 0.000000445. The molecule has 0 saturated carbocycles. The van der Waals surface area contributed by atoms with Crippen molar-refractivity contribution in [2.24, 2.45) is 5.10 Å². The van der Waals surface area contributed by atoms with Crippen LogP contribution in [-0.2, 0) is 9.59 Å². The number of nitrogens with one attached hydrogen (secondary N) is 4. The smallest absolute Gasteiger partial charge is 0.302 e. The average Bonchev–Trinajstić information content (AvgIpc) is 3.24. The molecule has 0 bridgehead atoms. The maximum Gasteiger partial charge on any atom is 0.302 e. The molecule has 1 aliphatic rings. The number of amides is 3. The fourth-order valence-corrected chi connectivity index (χ4v) is 4.10. The van der Waals surface area contributed by atoms with Gasteiger partial charge < -0.3 is 21.3 Å². The molecule has 216 valence electrons. The normalized spacial score (nSPS) is 15.8. The Morgan fingerprint density at radius 3 is 1.88 bits per heavy atom. The minimum atomic E-state index is -1.81. The largest absolute Gasteiger partial charge is 0.348 e. The summed E-state index contributed by atoms with van der Waals surface area (Å²) in [5.41, 5.74) is -0.373. The van der Waals surface area contributed by atoms with Crippen LogP contribution in [0.25, 0.3) is 0 Å². The van der Waals surface area contributed by atoms with Gasteiger partial charge in [0.2, 0.25) is 5.91 Å². The van der Waals surface area contributed by atoms with E-state index in [4.69, 9.17) is 0 Å². The number of amidine groups is 1. The van der Waals surface area contributed by atoms with E-state index in [1.54, 1.807) is 78.9 Å². The molecule has 3 aromatic rings. The number of nitrogens with zero attached hydrogens (tertiary/aromatic N) is 2. The molecule has 3 aromatic carbocycles. The Hall–Kier alpha value is -4.50. The number of benzene rings is 3. The highest BCUT2D eigenvalue weighted by Crippen LogP contribution is 2.28. The van der Waals surface area contributed by atoms with E-state index in [-0.39, 0.29) is 5.84 Å². The van der Waals surface area contributed by atoms with Gasteiger partial charge in [0.1, 0.15) is 0 Å². The number of carbonyl (C=O) groups excluding carboxylic acids is 3. The van der Waals surface area contributed by atoms with Crippen molar-refractivity contribution < 1.29 is 14.4 Å². The summed E-state index contributed by atoms with van der Waals surface area (Å²) >= 11 is 0. The van der Waals surface area contributed by atoms with E-state index in [1.165, 1.54) is 45.7 Å². The summed E-state index contributed by atoms with van der Waals surface area (Å²) in [6.45, 7) is 8.15. The second kappa shape index (κ2) is 15.9. The molecule has 1 atom stereocenters. The van der Waals surface area contributed by atoms with Crippen molar-refractivity contribution in [3.05, 3.63) is 96.6 Å². The molecule has 41 heavy (non-hydrogen) atoms. The van der Waals surface area contributed by atoms with E-state index >= 15 is 0 Å². The lowest BCUT2D eigenvalue weighted by molar-refractivity contribution is -0.127. The first-order valence-electron chi connectivity index (χ1n) is 14.1. The van der Waals surface area contributed by atoms with E-state index in [2.05, 4.69) is 40.2 Å². The topological polar surface area (TPSA) is 115 Å². The molecule has 4 rings (SSSR count). The van der Waals surface area contributed by atoms with Gasteiger partial charge in [0.25, 0.3) is 11.6 Å². The molecule has 0 aromatic heterocycles. The number of anilines is 2. The third-order valence-corrected chi connectivity index (χ3v) is 6.22. The highest BCUT2D eigenvalue weighted by molar-refractivity contribution is 6.28. The van der Waals surface area contributed by atoms with Crippen molar-refractivity contribution in [2.75, 3.05) is 23.4 Å². The first-order valence-corrected chi connectivity index (χ1v) is 14.1. The Morgan fingerprint density at radius 2 is 1.34 bits per heavy atom. The molecule has 4 N–H and O–H groups in total. The fourth-order valence-electron chi connectivity index (χ4n) is 4.10. The molecule has 0 radical (unpaired) electrons. The van der Waals surface area contributed by atoms with Crippen LogP contribution in [0.4, 0.5) is 11.4 Å². The van der Waals surface area contributed by atoms with Crippen LogP contribution in [0.5, 0.6) is 0 Å². The Bertz CT molecular complexity index is 1280. The van der Waals surface area contributed by atoms with Gasteiger partial charge in [-0.05, 0) is 62.3 Å². The van der Waals surface area contributed by atoms with Gasteiger partial charge in [0.05, 0.1) is 5.69 Å². The number of para-hydroxylation sites is 2. The monoisotopic (exact) mass is 556 g/mol. The van der Waals surface area contributed by atoms with Crippen molar-refractivity contribution in [3.8, 4) is 0 Å². The number of hydrogen-bond acceptors (Lipinski definition) is 6. The van der Waals surface area contributed by atoms with Gasteiger partial charge in [-0.2, -0.15) is 5.01 Å². The van der Waals surface area contributed by atoms with E-state index in [0.29, 0.717) is 16.9 Å². The lowest BCUT2D eigenvalue weighted by Gasteiger charge is -2.31. The van der Waals surface area contributed by atoms with Crippen LogP contribution in [0, 0.1) is 0 Å². The summed E-state index contributed by atoms with van der Waals surface area (Å²) in [6, 6.07) is 26.2. The standard InChI is InChI=1S/C24H21N5O3.C8H19N/c1-17(30)26-24(27-19-13-7-3-8-14-19)22(25-21(31)18-11-5-2-6-12-18)28-29(23(24)32)20-15-9-4-10-16-20;1-3-5-7-9-8-6-4-2/h2-16,27H,1H3,(H,26,30)(H,25,28,31);9H,3-8H2,1-2H3. The van der Waals surface area contributed by atoms with Crippen molar-refractivity contribution in [1.82, 2.24) is 16.0 Å². The van der Waals surface area contributed by atoms with Gasteiger partial charge in [-0.1, -0.05) is 81.3 Å². The summed E-state index contributed by atoms with van der Waals surface area (Å²) in [4.78, 5) is 38.8. The first kappa shape index (κ1) is 31.0. The molecule has 3 amide bonds. The maximum absolute atomic E-state index is 13.7. The van der Waals surface area contributed by atoms with Crippen LogP contribution >= 0.6 is 0 Å². The van der Waals surface area contributed by atoms with Crippen LogP contribution in [0.3, 0.4) is 0 Å². The highest BCUT2D eigenvalue weighted by atomic mass is 16.2. The van der Waals surface area contributed by atoms with Gasteiger partial charge >= 0.3 is 5.91 Å². The zero-order chi connectivity index (χ0) is 29.5. The second-order valence-electron chi connectivity index (χ2n) is 9.60. The maximum atomic E-state index is 13.7. The van der Waals surface area contributed by atoms with Crippen LogP contribution in [0.15, 0.2) is 96.1 Å².